The molecule has 0 nitrogen and oxygen atoms in total. The average Bonchev–Trinajstić information content (AvgIpc) is 3.49. The Morgan fingerprint density at radius 3 is 2.40 bits per heavy atom. The Kier molecular flexibility index (Phi) is 3.91. The highest BCUT2D eigenvalue weighted by Gasteiger charge is 2.53. The first-order valence-electron chi connectivity index (χ1n) is 11.7. The van der Waals surface area contributed by atoms with E-state index in [-0.39, 0.29) is 10.8 Å². The molecule has 1 unspecified atom stereocenters. The van der Waals surface area contributed by atoms with E-state index in [0.29, 0.717) is 0 Å². The minimum atomic E-state index is -0.00472. The van der Waals surface area contributed by atoms with E-state index in [1.165, 1.54) is 53.5 Å². The second-order valence-corrected chi connectivity index (χ2v) is 9.80. The lowest BCUT2D eigenvalue weighted by Crippen LogP contribution is -2.41. The predicted octanol–water partition coefficient (Wildman–Crippen LogP) is 7.71. The van der Waals surface area contributed by atoms with Crippen LogP contribution in [-0.4, -0.2) is 0 Å². The Balaban J connectivity index is 1.64. The van der Waals surface area contributed by atoms with Gasteiger partial charge in [-0.2, -0.15) is 0 Å². The summed E-state index contributed by atoms with van der Waals surface area (Å²) in [5.41, 5.74) is 12.4. The second-order valence-electron chi connectivity index (χ2n) is 9.80. The van der Waals surface area contributed by atoms with Gasteiger partial charge in [0.1, 0.15) is 0 Å². The fourth-order valence-corrected chi connectivity index (χ4v) is 6.99. The summed E-state index contributed by atoms with van der Waals surface area (Å²) in [4.78, 5) is 0. The summed E-state index contributed by atoms with van der Waals surface area (Å²) in [5, 5.41) is 0. The van der Waals surface area contributed by atoms with Crippen molar-refractivity contribution in [2.75, 3.05) is 0 Å². The third kappa shape index (κ3) is 2.23. The summed E-state index contributed by atoms with van der Waals surface area (Å²) in [6.45, 7) is 4.92. The van der Waals surface area contributed by atoms with Gasteiger partial charge < -0.3 is 0 Å². The van der Waals surface area contributed by atoms with Crippen molar-refractivity contribution in [3.05, 3.63) is 100 Å². The van der Waals surface area contributed by atoms with Crippen LogP contribution in [0.5, 0.6) is 0 Å². The topological polar surface area (TPSA) is 0 Å². The van der Waals surface area contributed by atoms with Gasteiger partial charge in [-0.25, -0.2) is 0 Å². The zero-order valence-corrected chi connectivity index (χ0v) is 18.2. The molecule has 1 fully saturated rings. The zero-order chi connectivity index (χ0) is 20.3. The van der Waals surface area contributed by atoms with E-state index in [1.807, 2.05) is 0 Å². The largest absolute Gasteiger partial charge is 0.0684 e. The first kappa shape index (κ1) is 18.2. The van der Waals surface area contributed by atoms with Gasteiger partial charge in [0, 0.05) is 5.41 Å². The fraction of sp³-hybridized carbons (Fsp3) is 0.333. The lowest BCUT2D eigenvalue weighted by molar-refractivity contribution is 0.228. The molecule has 150 valence electrons. The molecule has 3 aromatic carbocycles. The fourth-order valence-electron chi connectivity index (χ4n) is 6.99. The highest BCUT2D eigenvalue weighted by Crippen LogP contribution is 2.61. The van der Waals surface area contributed by atoms with Crippen molar-refractivity contribution in [1.29, 1.82) is 0 Å². The van der Waals surface area contributed by atoms with E-state index in [1.54, 1.807) is 16.7 Å². The van der Waals surface area contributed by atoms with Crippen molar-refractivity contribution in [3.63, 3.8) is 0 Å². The maximum atomic E-state index is 2.58. The summed E-state index contributed by atoms with van der Waals surface area (Å²) < 4.78 is 0. The van der Waals surface area contributed by atoms with Crippen LogP contribution in [0.1, 0.15) is 72.9 Å². The molecule has 1 atom stereocenters. The van der Waals surface area contributed by atoms with Crippen molar-refractivity contribution < 1.29 is 0 Å². The SMILES string of the molecule is CCc1c(C2(C3(C)CCCC3)C=Cc3ccccc32)ccc2c1Cc1ccccc1-2. The van der Waals surface area contributed by atoms with Gasteiger partial charge in [-0.1, -0.05) is 99.5 Å². The van der Waals surface area contributed by atoms with Crippen molar-refractivity contribution in [3.8, 4) is 11.1 Å². The number of allylic oxidation sites excluding steroid dienone is 1. The molecule has 0 heteroatoms. The lowest BCUT2D eigenvalue weighted by Gasteiger charge is -2.46. The molecule has 0 aromatic heterocycles. The third-order valence-corrected chi connectivity index (χ3v) is 8.44. The Morgan fingerprint density at radius 2 is 1.57 bits per heavy atom. The van der Waals surface area contributed by atoms with E-state index in [9.17, 15) is 0 Å². The van der Waals surface area contributed by atoms with E-state index < -0.39 is 0 Å². The van der Waals surface area contributed by atoms with Crippen LogP contribution in [0.4, 0.5) is 0 Å². The number of rotatable bonds is 3. The molecule has 0 amide bonds. The minimum absolute atomic E-state index is 0.00472. The van der Waals surface area contributed by atoms with Crippen molar-refractivity contribution in [1.82, 2.24) is 0 Å². The van der Waals surface area contributed by atoms with Crippen molar-refractivity contribution >= 4 is 6.08 Å². The quantitative estimate of drug-likeness (QED) is 0.336. The summed E-state index contributed by atoms with van der Waals surface area (Å²) in [6.07, 6.45) is 12.5. The molecule has 0 aliphatic heterocycles. The van der Waals surface area contributed by atoms with Crippen LogP contribution < -0.4 is 0 Å². The molecule has 0 radical (unpaired) electrons. The molecule has 1 saturated carbocycles. The maximum Gasteiger partial charge on any atom is 0.0447 e. The molecule has 0 N–H and O–H groups in total. The Bertz CT molecular complexity index is 1170. The van der Waals surface area contributed by atoms with Crippen molar-refractivity contribution in [2.24, 2.45) is 5.41 Å². The molecule has 3 aromatic rings. The standard InChI is InChI=1S/C30H30/c1-3-23-26-20-22-11-4-6-12-24(22)25(26)14-15-28(23)30(29(2)17-8-9-18-29)19-16-21-10-5-7-13-27(21)30/h4-7,10-16,19H,3,8-9,17-18,20H2,1-2H3. The Labute approximate surface area is 180 Å². The smallest absolute Gasteiger partial charge is 0.0447 e. The van der Waals surface area contributed by atoms with Gasteiger partial charge in [0.25, 0.3) is 0 Å². The second kappa shape index (κ2) is 6.45. The van der Waals surface area contributed by atoms with E-state index in [0.717, 1.165) is 12.8 Å². The maximum absolute atomic E-state index is 2.58. The third-order valence-electron chi connectivity index (χ3n) is 8.44. The average molecular weight is 391 g/mol. The molecule has 0 heterocycles. The molecule has 0 saturated heterocycles. The van der Waals surface area contributed by atoms with E-state index in [2.05, 4.69) is 86.7 Å². The predicted molar refractivity (Wildman–Crippen MR) is 127 cm³/mol. The summed E-state index contributed by atoms with van der Waals surface area (Å²) in [5.74, 6) is 0. The highest BCUT2D eigenvalue weighted by atomic mass is 14.6. The van der Waals surface area contributed by atoms with Gasteiger partial charge in [-0.3, -0.25) is 0 Å². The molecule has 0 spiro atoms. The molecule has 3 aliphatic carbocycles. The van der Waals surface area contributed by atoms with Gasteiger partial charge >= 0.3 is 0 Å². The molecular formula is C30H30. The Morgan fingerprint density at radius 1 is 0.800 bits per heavy atom. The number of fused-ring (bicyclic) bond motifs is 4. The van der Waals surface area contributed by atoms with Crippen LogP contribution in [0.25, 0.3) is 17.2 Å². The van der Waals surface area contributed by atoms with Gasteiger partial charge in [-0.15, -0.1) is 0 Å². The van der Waals surface area contributed by atoms with Crippen LogP contribution in [0.2, 0.25) is 0 Å². The van der Waals surface area contributed by atoms with Crippen LogP contribution in [0.3, 0.4) is 0 Å². The van der Waals surface area contributed by atoms with E-state index >= 15 is 0 Å². The molecule has 30 heavy (non-hydrogen) atoms. The molecule has 6 rings (SSSR count). The number of benzene rings is 3. The first-order chi connectivity index (χ1) is 14.7. The van der Waals surface area contributed by atoms with Crippen LogP contribution in [0.15, 0.2) is 66.7 Å². The summed E-state index contributed by atoms with van der Waals surface area (Å²) in [6, 6.07) is 23.1. The van der Waals surface area contributed by atoms with E-state index in [4.69, 9.17) is 0 Å². The minimum Gasteiger partial charge on any atom is -0.0684 e. The molecule has 3 aliphatic rings. The number of hydrogen-bond acceptors (Lipinski definition) is 0. The van der Waals surface area contributed by atoms with Crippen molar-refractivity contribution in [2.45, 2.75) is 57.8 Å². The summed E-state index contributed by atoms with van der Waals surface area (Å²) >= 11 is 0. The monoisotopic (exact) mass is 390 g/mol. The van der Waals surface area contributed by atoms with Gasteiger partial charge in [0.15, 0.2) is 0 Å². The Hall–Kier alpha value is -2.60. The number of hydrogen-bond donors (Lipinski definition) is 0. The molecule has 0 bridgehead atoms. The van der Waals surface area contributed by atoms with Gasteiger partial charge in [0.05, 0.1) is 0 Å². The van der Waals surface area contributed by atoms with Crippen LogP contribution in [0, 0.1) is 5.41 Å². The zero-order valence-electron chi connectivity index (χ0n) is 18.2. The van der Waals surface area contributed by atoms with Gasteiger partial charge in [0.2, 0.25) is 0 Å². The normalized spacial score (nSPS) is 22.7. The molecular weight excluding hydrogens is 360 g/mol. The first-order valence-corrected chi connectivity index (χ1v) is 11.7. The summed E-state index contributed by atoms with van der Waals surface area (Å²) in [7, 11) is 0. The highest BCUT2D eigenvalue weighted by molar-refractivity contribution is 5.80. The van der Waals surface area contributed by atoms with Crippen LogP contribution in [-0.2, 0) is 18.3 Å². The van der Waals surface area contributed by atoms with Crippen LogP contribution >= 0.6 is 0 Å². The van der Waals surface area contributed by atoms with Gasteiger partial charge in [-0.05, 0) is 75.6 Å². The lowest BCUT2D eigenvalue weighted by atomic mass is 9.56.